The molecule has 26 heavy (non-hydrogen) atoms. The van der Waals surface area contributed by atoms with E-state index in [9.17, 15) is 4.79 Å². The summed E-state index contributed by atoms with van der Waals surface area (Å²) in [5, 5.41) is 8.17. The second-order valence-corrected chi connectivity index (χ2v) is 6.38. The molecule has 4 rings (SSSR count). The molecule has 3 aromatic rings. The molecule has 0 radical (unpaired) electrons. The predicted octanol–water partition coefficient (Wildman–Crippen LogP) is 1.95. The summed E-state index contributed by atoms with van der Waals surface area (Å²) in [6, 6.07) is 5.72. The number of hydrogen-bond donors (Lipinski definition) is 0. The molecule has 0 saturated carbocycles. The van der Waals surface area contributed by atoms with Crippen LogP contribution in [-0.2, 0) is 17.8 Å². The molecule has 0 spiro atoms. The second-order valence-electron chi connectivity index (χ2n) is 6.38. The molecule has 1 fully saturated rings. The molecular weight excluding hydrogens is 332 g/mol. The van der Waals surface area contributed by atoms with E-state index < -0.39 is 0 Å². The van der Waals surface area contributed by atoms with Crippen LogP contribution in [0.2, 0.25) is 0 Å². The minimum absolute atomic E-state index is 0.113. The summed E-state index contributed by atoms with van der Waals surface area (Å²) < 4.78 is 6.99. The molecule has 1 aliphatic heterocycles. The van der Waals surface area contributed by atoms with Crippen LogP contribution in [0, 0.1) is 0 Å². The van der Waals surface area contributed by atoms with Crippen molar-refractivity contribution in [2.45, 2.75) is 38.3 Å². The SMILES string of the molecule is O=C(Cn1cccn1)N1CCCC1CCc1noc(-c2ccncc2)n1. The molecule has 1 atom stereocenters. The molecule has 0 N–H and O–H groups in total. The third-order valence-electron chi connectivity index (χ3n) is 4.65. The third-order valence-corrected chi connectivity index (χ3v) is 4.65. The largest absolute Gasteiger partial charge is 0.338 e. The number of carbonyl (C=O) groups excluding carboxylic acids is 1. The molecule has 4 heterocycles. The fourth-order valence-corrected chi connectivity index (χ4v) is 3.35. The van der Waals surface area contributed by atoms with E-state index in [-0.39, 0.29) is 18.5 Å². The van der Waals surface area contributed by atoms with Gasteiger partial charge in [-0.2, -0.15) is 10.1 Å². The highest BCUT2D eigenvalue weighted by atomic mass is 16.5. The Morgan fingerprint density at radius 2 is 2.15 bits per heavy atom. The van der Waals surface area contributed by atoms with Gasteiger partial charge >= 0.3 is 0 Å². The number of amides is 1. The van der Waals surface area contributed by atoms with Gasteiger partial charge in [-0.25, -0.2) is 0 Å². The summed E-state index contributed by atoms with van der Waals surface area (Å²) in [5.74, 6) is 1.28. The van der Waals surface area contributed by atoms with E-state index in [0.29, 0.717) is 18.1 Å². The average molecular weight is 352 g/mol. The number of pyridine rings is 1. The van der Waals surface area contributed by atoms with Gasteiger partial charge in [-0.3, -0.25) is 14.5 Å². The normalized spacial score (nSPS) is 16.9. The van der Waals surface area contributed by atoms with E-state index in [1.165, 1.54) is 0 Å². The van der Waals surface area contributed by atoms with Crippen LogP contribution in [0.15, 0.2) is 47.5 Å². The number of carbonyl (C=O) groups is 1. The van der Waals surface area contributed by atoms with Crippen LogP contribution >= 0.6 is 0 Å². The van der Waals surface area contributed by atoms with Gasteiger partial charge in [0.2, 0.25) is 5.91 Å². The van der Waals surface area contributed by atoms with Crippen molar-refractivity contribution in [3.8, 4) is 11.5 Å². The van der Waals surface area contributed by atoms with E-state index in [0.717, 1.165) is 31.4 Å². The summed E-state index contributed by atoms with van der Waals surface area (Å²) in [5.41, 5.74) is 0.857. The molecule has 0 bridgehead atoms. The maximum absolute atomic E-state index is 12.5. The van der Waals surface area contributed by atoms with Crippen LogP contribution in [0.3, 0.4) is 0 Å². The third kappa shape index (κ3) is 3.63. The van der Waals surface area contributed by atoms with E-state index in [1.807, 2.05) is 29.3 Å². The van der Waals surface area contributed by atoms with Gasteiger partial charge in [-0.15, -0.1) is 0 Å². The Kier molecular flexibility index (Phi) is 4.72. The highest BCUT2D eigenvalue weighted by Crippen LogP contribution is 2.23. The quantitative estimate of drug-likeness (QED) is 0.673. The fourth-order valence-electron chi connectivity index (χ4n) is 3.35. The van der Waals surface area contributed by atoms with Crippen LogP contribution in [-0.4, -0.2) is 48.3 Å². The van der Waals surface area contributed by atoms with Crippen molar-refractivity contribution >= 4 is 5.91 Å². The minimum atomic E-state index is 0.113. The first-order valence-electron chi connectivity index (χ1n) is 8.79. The van der Waals surface area contributed by atoms with Gasteiger partial charge < -0.3 is 9.42 Å². The average Bonchev–Trinajstić information content (AvgIpc) is 3.42. The molecule has 134 valence electrons. The lowest BCUT2D eigenvalue weighted by Crippen LogP contribution is -2.38. The summed E-state index contributed by atoms with van der Waals surface area (Å²) in [6.07, 6.45) is 10.4. The van der Waals surface area contributed by atoms with E-state index in [4.69, 9.17) is 4.52 Å². The molecule has 0 aromatic carbocycles. The first-order valence-corrected chi connectivity index (χ1v) is 8.79. The lowest BCUT2D eigenvalue weighted by atomic mass is 10.1. The Morgan fingerprint density at radius 1 is 1.27 bits per heavy atom. The molecule has 1 aliphatic rings. The van der Waals surface area contributed by atoms with Crippen molar-refractivity contribution in [2.24, 2.45) is 0 Å². The molecule has 0 aliphatic carbocycles. The fraction of sp³-hybridized carbons (Fsp3) is 0.389. The first-order chi connectivity index (χ1) is 12.8. The Hall–Kier alpha value is -3.03. The Labute approximate surface area is 150 Å². The van der Waals surface area contributed by atoms with Gasteiger partial charge in [0, 0.05) is 49.4 Å². The Bertz CT molecular complexity index is 846. The van der Waals surface area contributed by atoms with E-state index in [1.54, 1.807) is 23.3 Å². The number of aryl methyl sites for hydroxylation is 1. The van der Waals surface area contributed by atoms with Crippen LogP contribution < -0.4 is 0 Å². The molecule has 8 heteroatoms. The van der Waals surface area contributed by atoms with Gasteiger partial charge in [0.1, 0.15) is 6.54 Å². The zero-order valence-corrected chi connectivity index (χ0v) is 14.4. The number of rotatable bonds is 6. The summed E-state index contributed by atoms with van der Waals surface area (Å²) >= 11 is 0. The number of aromatic nitrogens is 5. The predicted molar refractivity (Wildman–Crippen MR) is 92.8 cm³/mol. The van der Waals surface area contributed by atoms with Crippen molar-refractivity contribution in [1.29, 1.82) is 0 Å². The Morgan fingerprint density at radius 3 is 2.96 bits per heavy atom. The second kappa shape index (κ2) is 7.47. The highest BCUT2D eigenvalue weighted by molar-refractivity contribution is 5.76. The van der Waals surface area contributed by atoms with Crippen LogP contribution in [0.4, 0.5) is 0 Å². The molecule has 1 unspecified atom stereocenters. The van der Waals surface area contributed by atoms with Crippen molar-refractivity contribution in [3.63, 3.8) is 0 Å². The minimum Gasteiger partial charge on any atom is -0.338 e. The standard InChI is InChI=1S/C18H20N6O2/c25-17(13-23-11-2-8-20-23)24-12-1-3-15(24)4-5-16-21-18(26-22-16)14-6-9-19-10-7-14/h2,6-11,15H,1,3-5,12-13H2. The van der Waals surface area contributed by atoms with Crippen LogP contribution in [0.5, 0.6) is 0 Å². The van der Waals surface area contributed by atoms with Crippen molar-refractivity contribution in [3.05, 3.63) is 48.8 Å². The van der Waals surface area contributed by atoms with Gasteiger partial charge in [0.25, 0.3) is 5.89 Å². The lowest BCUT2D eigenvalue weighted by molar-refractivity contribution is -0.132. The molecule has 1 amide bonds. The number of likely N-dealkylation sites (tertiary alicyclic amines) is 1. The lowest BCUT2D eigenvalue weighted by Gasteiger charge is -2.24. The van der Waals surface area contributed by atoms with E-state index >= 15 is 0 Å². The van der Waals surface area contributed by atoms with Crippen molar-refractivity contribution < 1.29 is 9.32 Å². The smallest absolute Gasteiger partial charge is 0.258 e. The van der Waals surface area contributed by atoms with Gasteiger partial charge in [-0.05, 0) is 37.5 Å². The van der Waals surface area contributed by atoms with Crippen molar-refractivity contribution in [2.75, 3.05) is 6.54 Å². The van der Waals surface area contributed by atoms with Crippen LogP contribution in [0.1, 0.15) is 25.1 Å². The monoisotopic (exact) mass is 352 g/mol. The zero-order valence-electron chi connectivity index (χ0n) is 14.4. The summed E-state index contributed by atoms with van der Waals surface area (Å²) in [6.45, 7) is 1.09. The van der Waals surface area contributed by atoms with Gasteiger partial charge in [0.15, 0.2) is 5.82 Å². The van der Waals surface area contributed by atoms with Gasteiger partial charge in [-0.1, -0.05) is 5.16 Å². The Balaban J connectivity index is 1.35. The maximum Gasteiger partial charge on any atom is 0.258 e. The van der Waals surface area contributed by atoms with Gasteiger partial charge in [0.05, 0.1) is 0 Å². The first kappa shape index (κ1) is 16.4. The molecular formula is C18H20N6O2. The topological polar surface area (TPSA) is 89.9 Å². The van der Waals surface area contributed by atoms with Crippen molar-refractivity contribution in [1.82, 2.24) is 29.8 Å². The summed E-state index contributed by atoms with van der Waals surface area (Å²) in [4.78, 5) is 22.9. The summed E-state index contributed by atoms with van der Waals surface area (Å²) in [7, 11) is 0. The zero-order chi connectivity index (χ0) is 17.8. The maximum atomic E-state index is 12.5. The number of nitrogens with zero attached hydrogens (tertiary/aromatic N) is 6. The molecule has 3 aromatic heterocycles. The molecule has 8 nitrogen and oxygen atoms in total. The van der Waals surface area contributed by atoms with Crippen LogP contribution in [0.25, 0.3) is 11.5 Å². The number of hydrogen-bond acceptors (Lipinski definition) is 6. The highest BCUT2D eigenvalue weighted by Gasteiger charge is 2.28. The molecule has 1 saturated heterocycles. The van der Waals surface area contributed by atoms with E-state index in [2.05, 4.69) is 20.2 Å².